The van der Waals surface area contributed by atoms with Crippen molar-refractivity contribution in [2.24, 2.45) is 0 Å². The van der Waals surface area contributed by atoms with Gasteiger partial charge in [-0.3, -0.25) is 4.79 Å². The summed E-state index contributed by atoms with van der Waals surface area (Å²) in [5.74, 6) is -0.412. The Bertz CT molecular complexity index is 770. The SMILES string of the molecule is Cc1ccc(NC(=O)/C(C#N)=C\NCCc2ccccc2C)cc1. The maximum absolute atomic E-state index is 12.1. The molecule has 2 rings (SSSR count). The molecule has 24 heavy (non-hydrogen) atoms. The first-order valence-corrected chi connectivity index (χ1v) is 7.86. The molecule has 0 fully saturated rings. The first kappa shape index (κ1) is 17.3. The van der Waals surface area contributed by atoms with Crippen molar-refractivity contribution in [2.45, 2.75) is 20.3 Å². The van der Waals surface area contributed by atoms with Gasteiger partial charge in [0.1, 0.15) is 11.6 Å². The summed E-state index contributed by atoms with van der Waals surface area (Å²) in [6.07, 6.45) is 2.31. The van der Waals surface area contributed by atoms with Gasteiger partial charge in [0.05, 0.1) is 0 Å². The van der Waals surface area contributed by atoms with Crippen molar-refractivity contribution in [3.05, 3.63) is 77.0 Å². The van der Waals surface area contributed by atoms with E-state index in [1.54, 1.807) is 0 Å². The van der Waals surface area contributed by atoms with Gasteiger partial charge >= 0.3 is 0 Å². The summed E-state index contributed by atoms with van der Waals surface area (Å²) in [5.41, 5.74) is 4.33. The number of nitrogens with zero attached hydrogens (tertiary/aromatic N) is 1. The van der Waals surface area contributed by atoms with Crippen LogP contribution in [0.15, 0.2) is 60.3 Å². The third-order valence-corrected chi connectivity index (χ3v) is 3.72. The number of benzene rings is 2. The average Bonchev–Trinajstić information content (AvgIpc) is 2.58. The van der Waals surface area contributed by atoms with E-state index in [1.165, 1.54) is 17.3 Å². The van der Waals surface area contributed by atoms with Crippen LogP contribution in [0.5, 0.6) is 0 Å². The Kier molecular flexibility index (Phi) is 6.16. The number of anilines is 1. The van der Waals surface area contributed by atoms with Gasteiger partial charge < -0.3 is 10.6 Å². The highest BCUT2D eigenvalue weighted by atomic mass is 16.1. The summed E-state index contributed by atoms with van der Waals surface area (Å²) in [4.78, 5) is 12.1. The van der Waals surface area contributed by atoms with E-state index in [2.05, 4.69) is 29.7 Å². The van der Waals surface area contributed by atoms with Crippen LogP contribution in [0.4, 0.5) is 5.69 Å². The van der Waals surface area contributed by atoms with E-state index in [4.69, 9.17) is 5.26 Å². The minimum absolute atomic E-state index is 0.0559. The van der Waals surface area contributed by atoms with Crippen molar-refractivity contribution in [1.82, 2.24) is 5.32 Å². The lowest BCUT2D eigenvalue weighted by Crippen LogP contribution is -2.18. The van der Waals surface area contributed by atoms with Crippen LogP contribution < -0.4 is 10.6 Å². The van der Waals surface area contributed by atoms with Gasteiger partial charge in [0.2, 0.25) is 0 Å². The second kappa shape index (κ2) is 8.54. The van der Waals surface area contributed by atoms with Crippen LogP contribution in [0.1, 0.15) is 16.7 Å². The summed E-state index contributed by atoms with van der Waals surface area (Å²) in [5, 5.41) is 14.9. The van der Waals surface area contributed by atoms with Gasteiger partial charge in [-0.25, -0.2) is 0 Å². The molecule has 0 heterocycles. The molecule has 1 amide bonds. The predicted molar refractivity (Wildman–Crippen MR) is 96.4 cm³/mol. The molecule has 4 nitrogen and oxygen atoms in total. The monoisotopic (exact) mass is 319 g/mol. The minimum atomic E-state index is -0.412. The maximum Gasteiger partial charge on any atom is 0.267 e. The zero-order valence-electron chi connectivity index (χ0n) is 14.0. The fourth-order valence-electron chi connectivity index (χ4n) is 2.26. The Morgan fingerprint density at radius 2 is 1.83 bits per heavy atom. The summed E-state index contributed by atoms with van der Waals surface area (Å²) in [7, 11) is 0. The molecule has 0 saturated carbocycles. The number of rotatable bonds is 6. The molecular weight excluding hydrogens is 298 g/mol. The van der Waals surface area contributed by atoms with Crippen LogP contribution in [-0.4, -0.2) is 12.5 Å². The highest BCUT2D eigenvalue weighted by molar-refractivity contribution is 6.06. The molecule has 0 radical (unpaired) electrons. The molecule has 0 aliphatic carbocycles. The molecular formula is C20H21N3O. The third kappa shape index (κ3) is 4.99. The number of amides is 1. The van der Waals surface area contributed by atoms with Gasteiger partial charge in [0.25, 0.3) is 5.91 Å². The molecule has 0 aliphatic rings. The molecule has 0 unspecified atom stereocenters. The minimum Gasteiger partial charge on any atom is -0.389 e. The Hall–Kier alpha value is -3.06. The second-order valence-electron chi connectivity index (χ2n) is 5.62. The second-order valence-corrected chi connectivity index (χ2v) is 5.62. The zero-order valence-corrected chi connectivity index (χ0v) is 14.0. The smallest absolute Gasteiger partial charge is 0.267 e. The van der Waals surface area contributed by atoms with Gasteiger partial charge in [-0.1, -0.05) is 42.0 Å². The van der Waals surface area contributed by atoms with Crippen LogP contribution in [0.25, 0.3) is 0 Å². The van der Waals surface area contributed by atoms with E-state index >= 15 is 0 Å². The molecule has 0 spiro atoms. The molecule has 0 saturated heterocycles. The Morgan fingerprint density at radius 1 is 1.12 bits per heavy atom. The van der Waals surface area contributed by atoms with E-state index in [-0.39, 0.29) is 5.57 Å². The van der Waals surface area contributed by atoms with Gasteiger partial charge in [0, 0.05) is 18.4 Å². The quantitative estimate of drug-likeness (QED) is 0.487. The van der Waals surface area contributed by atoms with E-state index in [1.807, 2.05) is 49.4 Å². The molecule has 2 aromatic rings. The summed E-state index contributed by atoms with van der Waals surface area (Å²) in [6.45, 7) is 4.71. The molecule has 122 valence electrons. The largest absolute Gasteiger partial charge is 0.389 e. The molecule has 2 N–H and O–H groups in total. The van der Waals surface area contributed by atoms with E-state index in [0.29, 0.717) is 12.2 Å². The fraction of sp³-hybridized carbons (Fsp3) is 0.200. The Balaban J connectivity index is 1.89. The molecule has 0 bridgehead atoms. The predicted octanol–water partition coefficient (Wildman–Crippen LogP) is 3.48. The Labute approximate surface area is 142 Å². The van der Waals surface area contributed by atoms with Crippen LogP contribution in [0.3, 0.4) is 0 Å². The number of nitrogens with one attached hydrogen (secondary N) is 2. The molecule has 0 aliphatic heterocycles. The topological polar surface area (TPSA) is 64.9 Å². The first-order chi connectivity index (χ1) is 11.6. The van der Waals surface area contributed by atoms with Crippen LogP contribution >= 0.6 is 0 Å². The zero-order chi connectivity index (χ0) is 17.4. The highest BCUT2D eigenvalue weighted by Crippen LogP contribution is 2.10. The number of aryl methyl sites for hydroxylation is 2. The van der Waals surface area contributed by atoms with Crippen molar-refractivity contribution in [2.75, 3.05) is 11.9 Å². The van der Waals surface area contributed by atoms with Crippen LogP contribution in [0.2, 0.25) is 0 Å². The summed E-state index contributed by atoms with van der Waals surface area (Å²) >= 11 is 0. The molecule has 0 atom stereocenters. The highest BCUT2D eigenvalue weighted by Gasteiger charge is 2.08. The lowest BCUT2D eigenvalue weighted by atomic mass is 10.1. The number of hydrogen-bond donors (Lipinski definition) is 2. The van der Waals surface area contributed by atoms with Gasteiger partial charge in [-0.15, -0.1) is 0 Å². The first-order valence-electron chi connectivity index (χ1n) is 7.86. The van der Waals surface area contributed by atoms with Crippen molar-refractivity contribution < 1.29 is 4.79 Å². The fourth-order valence-corrected chi connectivity index (χ4v) is 2.26. The maximum atomic E-state index is 12.1. The normalized spacial score (nSPS) is 10.8. The number of hydrogen-bond acceptors (Lipinski definition) is 3. The summed E-state index contributed by atoms with van der Waals surface area (Å²) in [6, 6.07) is 17.5. The van der Waals surface area contributed by atoms with Crippen molar-refractivity contribution >= 4 is 11.6 Å². The van der Waals surface area contributed by atoms with Crippen LogP contribution in [0, 0.1) is 25.2 Å². The van der Waals surface area contributed by atoms with Crippen molar-refractivity contribution in [3.8, 4) is 6.07 Å². The van der Waals surface area contributed by atoms with Crippen molar-refractivity contribution in [1.29, 1.82) is 5.26 Å². The third-order valence-electron chi connectivity index (χ3n) is 3.72. The molecule has 2 aromatic carbocycles. The number of nitriles is 1. The van der Waals surface area contributed by atoms with Crippen molar-refractivity contribution in [3.63, 3.8) is 0 Å². The standard InChI is InChI=1S/C20H21N3O/c1-15-7-9-19(10-8-15)23-20(24)18(13-21)14-22-12-11-17-6-4-3-5-16(17)2/h3-10,14,22H,11-12H2,1-2H3,(H,23,24)/b18-14-. The summed E-state index contributed by atoms with van der Waals surface area (Å²) < 4.78 is 0. The van der Waals surface area contributed by atoms with Gasteiger partial charge in [-0.2, -0.15) is 5.26 Å². The molecule has 4 heteroatoms. The lowest BCUT2D eigenvalue weighted by molar-refractivity contribution is -0.112. The van der Waals surface area contributed by atoms with E-state index < -0.39 is 5.91 Å². The van der Waals surface area contributed by atoms with E-state index in [0.717, 1.165) is 12.0 Å². The average molecular weight is 319 g/mol. The Morgan fingerprint density at radius 3 is 2.50 bits per heavy atom. The van der Waals surface area contributed by atoms with Crippen LogP contribution in [-0.2, 0) is 11.2 Å². The van der Waals surface area contributed by atoms with Gasteiger partial charge in [-0.05, 0) is 43.5 Å². The number of carbonyl (C=O) groups excluding carboxylic acids is 1. The van der Waals surface area contributed by atoms with E-state index in [9.17, 15) is 4.79 Å². The lowest BCUT2D eigenvalue weighted by Gasteiger charge is -2.07. The molecule has 0 aromatic heterocycles. The number of carbonyl (C=O) groups is 1. The van der Waals surface area contributed by atoms with Gasteiger partial charge in [0.15, 0.2) is 0 Å².